The predicted octanol–water partition coefficient (Wildman–Crippen LogP) is 2.57. The van der Waals surface area contributed by atoms with E-state index < -0.39 is 0 Å². The normalized spacial score (nSPS) is 10.8. The van der Waals surface area contributed by atoms with Crippen molar-refractivity contribution >= 4 is 17.2 Å². The Bertz CT molecular complexity index is 591. The summed E-state index contributed by atoms with van der Waals surface area (Å²) in [5.74, 6) is 0.624. The number of thiophene rings is 1. The molecule has 5 nitrogen and oxygen atoms in total. The van der Waals surface area contributed by atoms with E-state index in [2.05, 4.69) is 18.1 Å². The first kappa shape index (κ1) is 15.7. The fourth-order valence-electron chi connectivity index (χ4n) is 1.99. The fraction of sp³-hybridized carbons (Fsp3) is 0.467. The monoisotopic (exact) mass is 308 g/mol. The van der Waals surface area contributed by atoms with Gasteiger partial charge in [-0.15, -0.1) is 11.3 Å². The van der Waals surface area contributed by atoms with Crippen molar-refractivity contribution in [3.63, 3.8) is 0 Å². The van der Waals surface area contributed by atoms with E-state index in [4.69, 9.17) is 9.26 Å². The molecule has 0 aliphatic heterocycles. The first-order valence-electron chi connectivity index (χ1n) is 6.82. The van der Waals surface area contributed by atoms with E-state index in [9.17, 15) is 4.79 Å². The number of carbonyl (C=O) groups excluding carboxylic acids is 1. The number of amides is 1. The second-order valence-electron chi connectivity index (χ2n) is 4.95. The van der Waals surface area contributed by atoms with Crippen molar-refractivity contribution in [1.82, 2.24) is 10.1 Å². The number of aromatic nitrogens is 1. The summed E-state index contributed by atoms with van der Waals surface area (Å²) in [5.41, 5.74) is 2.00. The highest BCUT2D eigenvalue weighted by molar-refractivity contribution is 7.10. The molecule has 0 aliphatic rings. The molecule has 0 radical (unpaired) electrons. The van der Waals surface area contributed by atoms with Gasteiger partial charge in [0.05, 0.1) is 25.3 Å². The fourth-order valence-corrected chi connectivity index (χ4v) is 2.91. The second-order valence-corrected chi connectivity index (χ2v) is 5.95. The summed E-state index contributed by atoms with van der Waals surface area (Å²) in [5, 5.41) is 5.86. The minimum absolute atomic E-state index is 0.0241. The van der Waals surface area contributed by atoms with Crippen LogP contribution in [0, 0.1) is 13.8 Å². The lowest BCUT2D eigenvalue weighted by molar-refractivity contribution is -0.132. The van der Waals surface area contributed by atoms with E-state index in [-0.39, 0.29) is 12.3 Å². The van der Waals surface area contributed by atoms with Crippen molar-refractivity contribution in [2.75, 3.05) is 20.3 Å². The zero-order valence-electron chi connectivity index (χ0n) is 12.6. The van der Waals surface area contributed by atoms with Crippen molar-refractivity contribution < 1.29 is 14.1 Å². The number of hydrogen-bond acceptors (Lipinski definition) is 5. The van der Waals surface area contributed by atoms with Crippen molar-refractivity contribution in [2.24, 2.45) is 0 Å². The Hall–Kier alpha value is -1.66. The van der Waals surface area contributed by atoms with E-state index in [1.54, 1.807) is 29.4 Å². The third-order valence-electron chi connectivity index (χ3n) is 3.22. The van der Waals surface area contributed by atoms with Crippen molar-refractivity contribution in [2.45, 2.75) is 26.8 Å². The summed E-state index contributed by atoms with van der Waals surface area (Å²) < 4.78 is 10.2. The Balaban J connectivity index is 2.03. The summed E-state index contributed by atoms with van der Waals surface area (Å²) in [6, 6.07) is 3.86. The van der Waals surface area contributed by atoms with Crippen LogP contribution in [0.25, 0.3) is 0 Å². The zero-order chi connectivity index (χ0) is 15.2. The molecular weight excluding hydrogens is 288 g/mol. The maximum atomic E-state index is 12.5. The van der Waals surface area contributed by atoms with Gasteiger partial charge >= 0.3 is 0 Å². The van der Waals surface area contributed by atoms with Crippen LogP contribution in [0.3, 0.4) is 0 Å². The minimum Gasteiger partial charge on any atom is -0.383 e. The molecule has 2 aromatic heterocycles. The third-order valence-corrected chi connectivity index (χ3v) is 4.23. The lowest BCUT2D eigenvalue weighted by Gasteiger charge is -2.21. The topological polar surface area (TPSA) is 55.6 Å². The van der Waals surface area contributed by atoms with Crippen molar-refractivity contribution in [1.29, 1.82) is 0 Å². The molecular formula is C15H20N2O3S. The molecule has 0 bridgehead atoms. The summed E-state index contributed by atoms with van der Waals surface area (Å²) in [7, 11) is 1.64. The lowest BCUT2D eigenvalue weighted by atomic mass is 10.2. The van der Waals surface area contributed by atoms with Gasteiger partial charge in [0.25, 0.3) is 0 Å². The molecule has 0 spiro atoms. The molecule has 6 heteroatoms. The maximum absolute atomic E-state index is 12.5. The van der Waals surface area contributed by atoms with Gasteiger partial charge in [0.1, 0.15) is 5.76 Å². The van der Waals surface area contributed by atoms with E-state index in [0.717, 1.165) is 5.69 Å². The van der Waals surface area contributed by atoms with Gasteiger partial charge in [-0.2, -0.15) is 0 Å². The number of ether oxygens (including phenoxy) is 1. The standard InChI is InChI=1S/C15H20N2O3S/c1-11-4-7-21-14(11)10-17(5-6-19-3)15(18)9-13-8-12(2)16-20-13/h4,7-8H,5-6,9-10H2,1-3H3. The average molecular weight is 308 g/mol. The van der Waals surface area contributed by atoms with Crippen LogP contribution in [-0.2, 0) is 22.5 Å². The zero-order valence-corrected chi connectivity index (χ0v) is 13.4. The summed E-state index contributed by atoms with van der Waals surface area (Å²) in [6.07, 6.45) is 0.231. The lowest BCUT2D eigenvalue weighted by Crippen LogP contribution is -2.34. The molecule has 114 valence electrons. The summed E-state index contributed by atoms with van der Waals surface area (Å²) >= 11 is 1.67. The molecule has 0 N–H and O–H groups in total. The van der Waals surface area contributed by atoms with E-state index in [1.807, 2.05) is 12.3 Å². The van der Waals surface area contributed by atoms with Crippen molar-refractivity contribution in [3.8, 4) is 0 Å². The van der Waals surface area contributed by atoms with Gasteiger partial charge in [-0.05, 0) is 30.9 Å². The van der Waals surface area contributed by atoms with E-state index in [1.165, 1.54) is 10.4 Å². The highest BCUT2D eigenvalue weighted by Gasteiger charge is 2.18. The largest absolute Gasteiger partial charge is 0.383 e. The number of nitrogens with zero attached hydrogens (tertiary/aromatic N) is 2. The van der Waals surface area contributed by atoms with Gasteiger partial charge in [0.2, 0.25) is 5.91 Å². The van der Waals surface area contributed by atoms with Crippen molar-refractivity contribution in [3.05, 3.63) is 39.4 Å². The molecule has 0 atom stereocenters. The summed E-state index contributed by atoms with van der Waals surface area (Å²) in [4.78, 5) is 15.5. The van der Waals surface area contributed by atoms with Gasteiger partial charge in [-0.3, -0.25) is 4.79 Å². The van der Waals surface area contributed by atoms with Gasteiger partial charge < -0.3 is 14.2 Å². The number of methoxy groups -OCH3 is 1. The Morgan fingerprint density at radius 3 is 2.86 bits per heavy atom. The predicted molar refractivity (Wildman–Crippen MR) is 81.3 cm³/mol. The first-order chi connectivity index (χ1) is 10.1. The molecule has 2 rings (SSSR count). The second kappa shape index (κ2) is 7.38. The highest BCUT2D eigenvalue weighted by Crippen LogP contribution is 2.18. The number of carbonyl (C=O) groups is 1. The molecule has 0 aliphatic carbocycles. The van der Waals surface area contributed by atoms with Crippen LogP contribution >= 0.6 is 11.3 Å². The number of aryl methyl sites for hydroxylation is 2. The Kier molecular flexibility index (Phi) is 5.52. The average Bonchev–Trinajstić information content (AvgIpc) is 3.03. The SMILES string of the molecule is COCCN(Cc1sccc1C)C(=O)Cc1cc(C)no1. The Morgan fingerprint density at radius 1 is 1.48 bits per heavy atom. The first-order valence-corrected chi connectivity index (χ1v) is 7.70. The van der Waals surface area contributed by atoms with Crippen LogP contribution < -0.4 is 0 Å². The molecule has 2 heterocycles. The van der Waals surface area contributed by atoms with E-state index >= 15 is 0 Å². The molecule has 0 aromatic carbocycles. The van der Waals surface area contributed by atoms with Crippen LogP contribution in [0.2, 0.25) is 0 Å². The Labute approximate surface area is 128 Å². The molecule has 21 heavy (non-hydrogen) atoms. The quantitative estimate of drug-likeness (QED) is 0.789. The van der Waals surface area contributed by atoms with Crippen LogP contribution in [0.1, 0.15) is 21.9 Å². The van der Waals surface area contributed by atoms with Crippen LogP contribution in [0.5, 0.6) is 0 Å². The van der Waals surface area contributed by atoms with Gasteiger partial charge in [-0.25, -0.2) is 0 Å². The molecule has 0 unspecified atom stereocenters. The molecule has 0 saturated heterocycles. The number of rotatable bonds is 7. The van der Waals surface area contributed by atoms with Gasteiger partial charge in [-0.1, -0.05) is 5.16 Å². The van der Waals surface area contributed by atoms with Crippen LogP contribution in [-0.4, -0.2) is 36.2 Å². The Morgan fingerprint density at radius 2 is 2.29 bits per heavy atom. The number of hydrogen-bond donors (Lipinski definition) is 0. The van der Waals surface area contributed by atoms with Crippen LogP contribution in [0.4, 0.5) is 0 Å². The molecule has 0 saturated carbocycles. The van der Waals surface area contributed by atoms with Gasteiger partial charge in [0.15, 0.2) is 0 Å². The highest BCUT2D eigenvalue weighted by atomic mass is 32.1. The molecule has 2 aromatic rings. The summed E-state index contributed by atoms with van der Waals surface area (Å²) in [6.45, 7) is 5.60. The maximum Gasteiger partial charge on any atom is 0.230 e. The van der Waals surface area contributed by atoms with Gasteiger partial charge in [0, 0.05) is 24.6 Å². The smallest absolute Gasteiger partial charge is 0.230 e. The molecule has 1 amide bonds. The molecule has 0 fully saturated rings. The minimum atomic E-state index is 0.0241. The third kappa shape index (κ3) is 4.41. The van der Waals surface area contributed by atoms with Crippen LogP contribution in [0.15, 0.2) is 22.0 Å². The van der Waals surface area contributed by atoms with E-state index in [0.29, 0.717) is 25.5 Å².